The van der Waals surface area contributed by atoms with Crippen molar-refractivity contribution in [1.82, 2.24) is 5.32 Å². The van der Waals surface area contributed by atoms with Gasteiger partial charge in [-0.05, 0) is 31.2 Å². The highest BCUT2D eigenvalue weighted by Gasteiger charge is 2.12. The number of nitrogens with two attached hydrogens (primary N) is 1. The van der Waals surface area contributed by atoms with E-state index in [2.05, 4.69) is 19.2 Å². The van der Waals surface area contributed by atoms with Crippen molar-refractivity contribution in [2.24, 2.45) is 17.6 Å². The van der Waals surface area contributed by atoms with E-state index in [1.54, 1.807) is 0 Å². The van der Waals surface area contributed by atoms with Crippen molar-refractivity contribution < 1.29 is 9.90 Å². The second-order valence-electron chi connectivity index (χ2n) is 4.69. The van der Waals surface area contributed by atoms with Gasteiger partial charge in [0.2, 0.25) is 5.91 Å². The second-order valence-corrected chi connectivity index (χ2v) is 4.69. The molecule has 1 amide bonds. The highest BCUT2D eigenvalue weighted by Crippen LogP contribution is 2.10. The predicted octanol–water partition coefficient (Wildman–Crippen LogP) is 1.28. The summed E-state index contributed by atoms with van der Waals surface area (Å²) in [5.41, 5.74) is 5.57. The second kappa shape index (κ2) is 10.5. The van der Waals surface area contributed by atoms with Gasteiger partial charge in [0.1, 0.15) is 0 Å². The molecule has 0 fully saturated rings. The lowest BCUT2D eigenvalue weighted by Crippen LogP contribution is -2.32. The van der Waals surface area contributed by atoms with Gasteiger partial charge in [-0.25, -0.2) is 0 Å². The molecule has 0 heterocycles. The van der Waals surface area contributed by atoms with Gasteiger partial charge in [0.25, 0.3) is 0 Å². The fourth-order valence-corrected chi connectivity index (χ4v) is 1.93. The first-order chi connectivity index (χ1) is 8.17. The van der Waals surface area contributed by atoms with E-state index < -0.39 is 0 Å². The molecular weight excluding hydrogens is 216 g/mol. The first-order valence-electron chi connectivity index (χ1n) is 6.75. The number of aliphatic hydroxyl groups excluding tert-OH is 1. The Morgan fingerprint density at radius 3 is 2.47 bits per heavy atom. The minimum atomic E-state index is 0.0846. The third-order valence-electron chi connectivity index (χ3n) is 3.21. The number of nitrogens with one attached hydrogen (secondary N) is 1. The number of hydrogen-bond donors (Lipinski definition) is 3. The van der Waals surface area contributed by atoms with Crippen LogP contribution in [0.15, 0.2) is 0 Å². The van der Waals surface area contributed by atoms with E-state index in [4.69, 9.17) is 10.8 Å². The van der Waals surface area contributed by atoms with Gasteiger partial charge in [0.05, 0.1) is 0 Å². The summed E-state index contributed by atoms with van der Waals surface area (Å²) in [6.45, 7) is 5.61. The van der Waals surface area contributed by atoms with Crippen LogP contribution < -0.4 is 11.1 Å². The number of amides is 1. The lowest BCUT2D eigenvalue weighted by Gasteiger charge is -2.17. The molecule has 17 heavy (non-hydrogen) atoms. The van der Waals surface area contributed by atoms with Gasteiger partial charge in [-0.1, -0.05) is 26.7 Å². The van der Waals surface area contributed by atoms with E-state index >= 15 is 0 Å². The van der Waals surface area contributed by atoms with Crippen molar-refractivity contribution in [2.75, 3.05) is 19.7 Å². The summed E-state index contributed by atoms with van der Waals surface area (Å²) >= 11 is 0. The molecule has 4 nitrogen and oxygen atoms in total. The van der Waals surface area contributed by atoms with E-state index in [1.807, 2.05) is 0 Å². The van der Waals surface area contributed by atoms with Crippen LogP contribution in [0.4, 0.5) is 0 Å². The number of carbonyl (C=O) groups excluding carboxylic acids is 1. The highest BCUT2D eigenvalue weighted by molar-refractivity contribution is 5.76. The quantitative estimate of drug-likeness (QED) is 0.542. The lowest BCUT2D eigenvalue weighted by atomic mass is 9.99. The average molecular weight is 244 g/mol. The van der Waals surface area contributed by atoms with E-state index in [-0.39, 0.29) is 18.4 Å². The van der Waals surface area contributed by atoms with Crippen LogP contribution in [-0.4, -0.2) is 30.7 Å². The van der Waals surface area contributed by atoms with Crippen LogP contribution in [0.5, 0.6) is 0 Å². The molecule has 0 radical (unpaired) electrons. The molecule has 0 saturated carbocycles. The van der Waals surface area contributed by atoms with Crippen LogP contribution in [0.1, 0.15) is 46.0 Å². The molecule has 0 spiro atoms. The Morgan fingerprint density at radius 2 is 2.00 bits per heavy atom. The summed E-state index contributed by atoms with van der Waals surface area (Å²) in [5.74, 6) is 0.769. The number of rotatable bonds is 10. The summed E-state index contributed by atoms with van der Waals surface area (Å²) in [6.07, 6.45) is 4.36. The number of carbonyl (C=O) groups is 1. The van der Waals surface area contributed by atoms with Gasteiger partial charge in [-0.15, -0.1) is 0 Å². The van der Waals surface area contributed by atoms with E-state index in [0.717, 1.165) is 25.7 Å². The maximum atomic E-state index is 11.7. The Hall–Kier alpha value is -0.610. The third kappa shape index (κ3) is 8.16. The Kier molecular flexibility index (Phi) is 10.2. The molecule has 102 valence electrons. The third-order valence-corrected chi connectivity index (χ3v) is 3.21. The van der Waals surface area contributed by atoms with E-state index in [0.29, 0.717) is 25.4 Å². The molecule has 0 aromatic carbocycles. The van der Waals surface area contributed by atoms with E-state index in [1.165, 1.54) is 0 Å². The standard InChI is InChI=1S/C13H28N2O2/c1-3-5-12(6-7-16)10-15-13(17)8-11(4-2)9-14/h11-12,16H,3-10,14H2,1-2H3,(H,15,17). The minimum Gasteiger partial charge on any atom is -0.396 e. The molecule has 0 aromatic rings. The Bertz CT molecular complexity index is 188. The Balaban J connectivity index is 3.86. The Morgan fingerprint density at radius 1 is 1.29 bits per heavy atom. The molecule has 0 rings (SSSR count). The molecule has 0 aliphatic rings. The molecule has 0 saturated heterocycles. The zero-order valence-electron chi connectivity index (χ0n) is 11.2. The van der Waals surface area contributed by atoms with Crippen molar-refractivity contribution in [3.8, 4) is 0 Å². The van der Waals surface area contributed by atoms with Crippen molar-refractivity contribution in [3.63, 3.8) is 0 Å². The summed E-state index contributed by atoms with van der Waals surface area (Å²) in [7, 11) is 0. The van der Waals surface area contributed by atoms with Crippen LogP contribution in [0.25, 0.3) is 0 Å². The zero-order valence-corrected chi connectivity index (χ0v) is 11.2. The molecule has 0 aliphatic heterocycles. The van der Waals surface area contributed by atoms with E-state index in [9.17, 15) is 4.79 Å². The normalized spacial score (nSPS) is 14.4. The number of aliphatic hydroxyl groups is 1. The molecule has 0 bridgehead atoms. The van der Waals surface area contributed by atoms with Gasteiger partial charge >= 0.3 is 0 Å². The van der Waals surface area contributed by atoms with Gasteiger partial charge in [0, 0.05) is 19.6 Å². The van der Waals surface area contributed by atoms with Gasteiger partial charge in [0.15, 0.2) is 0 Å². The zero-order chi connectivity index (χ0) is 13.1. The lowest BCUT2D eigenvalue weighted by molar-refractivity contribution is -0.122. The predicted molar refractivity (Wildman–Crippen MR) is 70.6 cm³/mol. The Labute approximate surface area is 105 Å². The molecular formula is C13H28N2O2. The number of hydrogen-bond acceptors (Lipinski definition) is 3. The fraction of sp³-hybridized carbons (Fsp3) is 0.923. The van der Waals surface area contributed by atoms with Crippen molar-refractivity contribution >= 4 is 5.91 Å². The monoisotopic (exact) mass is 244 g/mol. The molecule has 2 unspecified atom stereocenters. The highest BCUT2D eigenvalue weighted by atomic mass is 16.3. The van der Waals surface area contributed by atoms with Gasteiger partial charge < -0.3 is 16.2 Å². The summed E-state index contributed by atoms with van der Waals surface area (Å²) in [4.78, 5) is 11.7. The van der Waals surface area contributed by atoms with Gasteiger partial charge in [-0.3, -0.25) is 4.79 Å². The fourth-order valence-electron chi connectivity index (χ4n) is 1.93. The van der Waals surface area contributed by atoms with Crippen LogP contribution in [0.2, 0.25) is 0 Å². The summed E-state index contributed by atoms with van der Waals surface area (Å²) in [5, 5.41) is 11.9. The largest absolute Gasteiger partial charge is 0.396 e. The van der Waals surface area contributed by atoms with Crippen molar-refractivity contribution in [1.29, 1.82) is 0 Å². The van der Waals surface area contributed by atoms with Crippen molar-refractivity contribution in [3.05, 3.63) is 0 Å². The van der Waals surface area contributed by atoms with Crippen molar-refractivity contribution in [2.45, 2.75) is 46.0 Å². The molecule has 4 N–H and O–H groups in total. The SMILES string of the molecule is CCCC(CCO)CNC(=O)CC(CC)CN. The maximum absolute atomic E-state index is 11.7. The topological polar surface area (TPSA) is 75.3 Å². The molecule has 0 aliphatic carbocycles. The van der Waals surface area contributed by atoms with Gasteiger partial charge in [-0.2, -0.15) is 0 Å². The molecule has 4 heteroatoms. The van der Waals surface area contributed by atoms with Crippen LogP contribution in [0.3, 0.4) is 0 Å². The smallest absolute Gasteiger partial charge is 0.220 e. The first-order valence-corrected chi connectivity index (χ1v) is 6.75. The van der Waals surface area contributed by atoms with Crippen LogP contribution in [0, 0.1) is 11.8 Å². The molecule has 0 aromatic heterocycles. The maximum Gasteiger partial charge on any atom is 0.220 e. The average Bonchev–Trinajstić information content (AvgIpc) is 2.33. The molecule has 2 atom stereocenters. The van der Waals surface area contributed by atoms with Crippen LogP contribution >= 0.6 is 0 Å². The summed E-state index contributed by atoms with van der Waals surface area (Å²) in [6, 6.07) is 0. The minimum absolute atomic E-state index is 0.0846. The van der Waals surface area contributed by atoms with Crippen LogP contribution in [-0.2, 0) is 4.79 Å². The first kappa shape index (κ1) is 16.4. The summed E-state index contributed by atoms with van der Waals surface area (Å²) < 4.78 is 0.